The van der Waals surface area contributed by atoms with Gasteiger partial charge in [-0.25, -0.2) is 9.82 Å². The van der Waals surface area contributed by atoms with Gasteiger partial charge >= 0.3 is 0 Å². The van der Waals surface area contributed by atoms with Crippen LogP contribution >= 0.6 is 0 Å². The van der Waals surface area contributed by atoms with Gasteiger partial charge in [0.05, 0.1) is 16.7 Å². The number of nitro benzene ring substituents is 1. The smallest absolute Gasteiger partial charge is 0.280 e. The van der Waals surface area contributed by atoms with Gasteiger partial charge in [0.2, 0.25) is 17.8 Å². The second-order valence-electron chi connectivity index (χ2n) is 8.31. The first-order valence-electron chi connectivity index (χ1n) is 11.7. The molecule has 1 aliphatic heterocycles. The van der Waals surface area contributed by atoms with Gasteiger partial charge in [0.25, 0.3) is 5.69 Å². The second kappa shape index (κ2) is 10.8. The van der Waals surface area contributed by atoms with Crippen LogP contribution in [-0.4, -0.2) is 39.2 Å². The van der Waals surface area contributed by atoms with Crippen molar-refractivity contribution < 1.29 is 13.7 Å². The number of anilines is 4. The minimum absolute atomic E-state index is 0.0462. The van der Waals surface area contributed by atoms with Crippen molar-refractivity contribution in [3.05, 3.63) is 82.4 Å². The van der Waals surface area contributed by atoms with Crippen molar-refractivity contribution in [3.63, 3.8) is 0 Å². The summed E-state index contributed by atoms with van der Waals surface area (Å²) in [7, 11) is 0. The van der Waals surface area contributed by atoms with Crippen molar-refractivity contribution in [3.8, 4) is 11.3 Å². The van der Waals surface area contributed by atoms with E-state index in [0.717, 1.165) is 32.4 Å². The summed E-state index contributed by atoms with van der Waals surface area (Å²) in [5.41, 5.74) is 3.76. The monoisotopic (exact) mass is 502 g/mol. The van der Waals surface area contributed by atoms with Crippen LogP contribution in [0.15, 0.2) is 70.2 Å². The fourth-order valence-corrected chi connectivity index (χ4v) is 3.93. The maximum atomic E-state index is 13.3. The SMILES string of the molecule is O=[N+]([O-])c1ccccc1-c1ccc(C=NNc2nc(Nc3ccc(F)cc3)nc(N3CCCCC3)n2)o1. The topological polar surface area (TPSA) is 135 Å². The predicted molar refractivity (Wildman–Crippen MR) is 138 cm³/mol. The standard InChI is InChI=1S/C25H23FN8O3/c26-17-8-10-18(11-9-17)28-23-29-24(31-25(30-23)33-14-4-1-5-15-33)32-27-16-19-12-13-22(37-19)20-6-2-3-7-21(20)34(35)36/h2-3,6-13,16H,1,4-5,14-15H2,(H2,28,29,30,31,32). The van der Waals surface area contributed by atoms with E-state index in [0.29, 0.717) is 28.7 Å². The number of aromatic nitrogens is 3. The minimum atomic E-state index is -0.453. The first-order valence-corrected chi connectivity index (χ1v) is 11.7. The molecule has 0 atom stereocenters. The number of benzene rings is 2. The molecular formula is C25H23FN8O3. The fraction of sp³-hybridized carbons (Fsp3) is 0.200. The summed E-state index contributed by atoms with van der Waals surface area (Å²) in [5.74, 6) is 1.41. The van der Waals surface area contributed by atoms with Crippen LogP contribution in [0.25, 0.3) is 11.3 Å². The average molecular weight is 503 g/mol. The highest BCUT2D eigenvalue weighted by Gasteiger charge is 2.18. The summed E-state index contributed by atoms with van der Waals surface area (Å²) in [6.07, 6.45) is 4.69. The van der Waals surface area contributed by atoms with E-state index in [4.69, 9.17) is 4.42 Å². The highest BCUT2D eigenvalue weighted by atomic mass is 19.1. The molecule has 3 heterocycles. The van der Waals surface area contributed by atoms with Crippen LogP contribution in [0.3, 0.4) is 0 Å². The lowest BCUT2D eigenvalue weighted by atomic mass is 10.1. The van der Waals surface area contributed by atoms with Crippen LogP contribution in [0, 0.1) is 15.9 Å². The molecule has 2 N–H and O–H groups in total. The summed E-state index contributed by atoms with van der Waals surface area (Å²) in [6.45, 7) is 1.67. The van der Waals surface area contributed by atoms with Gasteiger partial charge in [-0.15, -0.1) is 0 Å². The van der Waals surface area contributed by atoms with E-state index in [1.807, 2.05) is 0 Å². The van der Waals surface area contributed by atoms with Crippen molar-refractivity contribution in [2.24, 2.45) is 5.10 Å². The van der Waals surface area contributed by atoms with Crippen molar-refractivity contribution in [2.75, 3.05) is 28.7 Å². The Morgan fingerprint density at radius 2 is 1.73 bits per heavy atom. The predicted octanol–water partition coefficient (Wildman–Crippen LogP) is 5.36. The van der Waals surface area contributed by atoms with Crippen molar-refractivity contribution in [1.82, 2.24) is 15.0 Å². The Kier molecular flexibility index (Phi) is 6.97. The Morgan fingerprint density at radius 1 is 0.973 bits per heavy atom. The van der Waals surface area contributed by atoms with Crippen LogP contribution in [0.1, 0.15) is 25.0 Å². The third kappa shape index (κ3) is 5.86. The first kappa shape index (κ1) is 23.9. The van der Waals surface area contributed by atoms with Crippen molar-refractivity contribution in [1.29, 1.82) is 0 Å². The van der Waals surface area contributed by atoms with Gasteiger partial charge in [0.1, 0.15) is 17.3 Å². The summed E-state index contributed by atoms with van der Waals surface area (Å²) in [6, 6.07) is 15.5. The van der Waals surface area contributed by atoms with Gasteiger partial charge in [-0.05, 0) is 61.7 Å². The molecule has 37 heavy (non-hydrogen) atoms. The molecule has 0 radical (unpaired) electrons. The highest BCUT2D eigenvalue weighted by molar-refractivity contribution is 5.79. The Labute approximate surface area is 211 Å². The summed E-state index contributed by atoms with van der Waals surface area (Å²) >= 11 is 0. The lowest BCUT2D eigenvalue weighted by molar-refractivity contribution is -0.384. The molecule has 0 saturated carbocycles. The average Bonchev–Trinajstić information content (AvgIpc) is 3.39. The van der Waals surface area contributed by atoms with Gasteiger partial charge in [0, 0.05) is 24.8 Å². The molecule has 0 amide bonds. The molecule has 2 aromatic heterocycles. The maximum Gasteiger partial charge on any atom is 0.280 e. The van der Waals surface area contributed by atoms with E-state index < -0.39 is 4.92 Å². The number of para-hydroxylation sites is 1. The molecule has 4 aromatic rings. The zero-order valence-electron chi connectivity index (χ0n) is 19.7. The number of piperidine rings is 1. The molecule has 0 unspecified atom stereocenters. The quantitative estimate of drug-likeness (QED) is 0.185. The van der Waals surface area contributed by atoms with E-state index in [1.165, 1.54) is 24.4 Å². The lowest BCUT2D eigenvalue weighted by Crippen LogP contribution is -2.31. The van der Waals surface area contributed by atoms with Gasteiger partial charge in [0.15, 0.2) is 0 Å². The normalized spacial score (nSPS) is 13.6. The number of nitrogens with zero attached hydrogens (tertiary/aromatic N) is 6. The molecule has 1 saturated heterocycles. The van der Waals surface area contributed by atoms with Crippen LogP contribution in [0.4, 0.5) is 33.6 Å². The van der Waals surface area contributed by atoms with Gasteiger partial charge in [-0.1, -0.05) is 12.1 Å². The molecule has 2 aromatic carbocycles. The van der Waals surface area contributed by atoms with Crippen LogP contribution in [0.5, 0.6) is 0 Å². The Balaban J connectivity index is 1.35. The van der Waals surface area contributed by atoms with E-state index in [1.54, 1.807) is 42.5 Å². The fourth-order valence-electron chi connectivity index (χ4n) is 3.93. The number of rotatable bonds is 8. The van der Waals surface area contributed by atoms with Gasteiger partial charge in [-0.3, -0.25) is 10.1 Å². The van der Waals surface area contributed by atoms with Gasteiger partial charge < -0.3 is 14.6 Å². The second-order valence-corrected chi connectivity index (χ2v) is 8.31. The van der Waals surface area contributed by atoms with Crippen molar-refractivity contribution in [2.45, 2.75) is 19.3 Å². The number of nitro groups is 1. The molecule has 5 rings (SSSR count). The highest BCUT2D eigenvalue weighted by Crippen LogP contribution is 2.30. The number of nitrogens with one attached hydrogen (secondary N) is 2. The number of halogens is 1. The minimum Gasteiger partial charge on any atom is -0.455 e. The number of furan rings is 1. The van der Waals surface area contributed by atoms with Gasteiger partial charge in [-0.2, -0.15) is 20.1 Å². The Hall–Kier alpha value is -4.87. The molecule has 0 spiro atoms. The molecule has 11 nitrogen and oxygen atoms in total. The molecule has 0 aliphatic carbocycles. The maximum absolute atomic E-state index is 13.3. The molecule has 12 heteroatoms. The third-order valence-electron chi connectivity index (χ3n) is 5.71. The molecular weight excluding hydrogens is 479 g/mol. The number of hydrogen-bond donors (Lipinski definition) is 2. The van der Waals surface area contributed by atoms with E-state index >= 15 is 0 Å². The molecule has 1 fully saturated rings. The first-order chi connectivity index (χ1) is 18.0. The van der Waals surface area contributed by atoms with E-state index in [9.17, 15) is 14.5 Å². The Morgan fingerprint density at radius 3 is 2.51 bits per heavy atom. The molecule has 188 valence electrons. The number of hydrazone groups is 1. The summed E-state index contributed by atoms with van der Waals surface area (Å²) < 4.78 is 19.0. The van der Waals surface area contributed by atoms with E-state index in [2.05, 4.69) is 35.7 Å². The molecule has 1 aliphatic rings. The summed E-state index contributed by atoms with van der Waals surface area (Å²) in [5, 5.41) is 18.6. The van der Waals surface area contributed by atoms with Crippen molar-refractivity contribution >= 4 is 35.4 Å². The van der Waals surface area contributed by atoms with Crippen LogP contribution in [-0.2, 0) is 0 Å². The largest absolute Gasteiger partial charge is 0.455 e. The van der Waals surface area contributed by atoms with Crippen LogP contribution < -0.4 is 15.6 Å². The van der Waals surface area contributed by atoms with E-state index in [-0.39, 0.29) is 23.4 Å². The third-order valence-corrected chi connectivity index (χ3v) is 5.71. The zero-order chi connectivity index (χ0) is 25.6. The Bertz CT molecular complexity index is 1420. The summed E-state index contributed by atoms with van der Waals surface area (Å²) in [4.78, 5) is 26.4. The number of hydrogen-bond acceptors (Lipinski definition) is 10. The van der Waals surface area contributed by atoms with Crippen LogP contribution in [0.2, 0.25) is 0 Å². The lowest BCUT2D eigenvalue weighted by Gasteiger charge is -2.26. The zero-order valence-corrected chi connectivity index (χ0v) is 19.7. The molecule has 0 bridgehead atoms.